The molecule has 0 bridgehead atoms. The molecule has 0 saturated heterocycles. The Kier molecular flexibility index (Phi) is 2.87. The lowest BCUT2D eigenvalue weighted by atomic mass is 10.5. The number of hydrogen-bond acceptors (Lipinski definition) is 0. The van der Waals surface area contributed by atoms with Crippen LogP contribution in [0.3, 0.4) is 0 Å². The summed E-state index contributed by atoms with van der Waals surface area (Å²) in [5.74, 6) is 0. The highest BCUT2D eigenvalue weighted by Crippen LogP contribution is 1.95. The van der Waals surface area contributed by atoms with Crippen molar-refractivity contribution in [2.45, 2.75) is 6.92 Å². The third-order valence-corrected chi connectivity index (χ3v) is 0.474. The first kappa shape index (κ1) is 5.77. The zero-order valence-electron chi connectivity index (χ0n) is 3.74. The molecule has 0 saturated carbocycles. The van der Waals surface area contributed by atoms with E-state index in [1.54, 1.807) is 12.2 Å². The van der Waals surface area contributed by atoms with E-state index in [9.17, 15) is 0 Å². The summed E-state index contributed by atoms with van der Waals surface area (Å²) in [5.41, 5.74) is 0. The summed E-state index contributed by atoms with van der Waals surface area (Å²) < 4.78 is 0. The lowest BCUT2D eigenvalue weighted by Gasteiger charge is -1.72. The van der Waals surface area contributed by atoms with Gasteiger partial charge in [-0.3, -0.25) is 0 Å². The van der Waals surface area contributed by atoms with Gasteiger partial charge < -0.3 is 0 Å². The predicted octanol–water partition coefficient (Wildman–Crippen LogP) is 2.32. The maximum atomic E-state index is 5.37. The van der Waals surface area contributed by atoms with Crippen molar-refractivity contribution in [2.75, 3.05) is 0 Å². The average molecular weight is 103 g/mol. The fourth-order valence-corrected chi connectivity index (χ4v) is 0.251. The normalized spacial score (nSPS) is 11.3. The molecule has 0 aliphatic heterocycles. The Morgan fingerprint density at radius 1 is 1.83 bits per heavy atom. The summed E-state index contributed by atoms with van der Waals surface area (Å²) in [7, 11) is 0. The van der Waals surface area contributed by atoms with Crippen LogP contribution in [0.5, 0.6) is 0 Å². The number of allylic oxidation sites excluding steroid dienone is 3. The zero-order valence-corrected chi connectivity index (χ0v) is 4.50. The minimum Gasteiger partial charge on any atom is -0.0990 e. The quantitative estimate of drug-likeness (QED) is 0.446. The molecule has 0 aliphatic carbocycles. The molecule has 0 atom stereocenters. The summed E-state index contributed by atoms with van der Waals surface area (Å²) in [6.07, 6.45) is 3.39. The fourth-order valence-electron chi connectivity index (χ4n) is 0.162. The second-order valence-corrected chi connectivity index (χ2v) is 1.59. The molecule has 0 aromatic heterocycles. The molecule has 34 valence electrons. The van der Waals surface area contributed by atoms with Crippen molar-refractivity contribution in [2.24, 2.45) is 0 Å². The van der Waals surface area contributed by atoms with Gasteiger partial charge in [0.15, 0.2) is 0 Å². The van der Waals surface area contributed by atoms with Gasteiger partial charge in [-0.25, -0.2) is 0 Å². The minimum atomic E-state index is 0.769. The van der Waals surface area contributed by atoms with Gasteiger partial charge in [0.1, 0.15) is 0 Å². The molecule has 0 aliphatic rings. The first-order valence-corrected chi connectivity index (χ1v) is 2.10. The molecule has 1 heteroatoms. The number of halogens is 1. The van der Waals surface area contributed by atoms with E-state index in [0.717, 1.165) is 5.03 Å². The van der Waals surface area contributed by atoms with Crippen LogP contribution >= 0.6 is 11.6 Å². The van der Waals surface area contributed by atoms with Crippen LogP contribution in [0.15, 0.2) is 23.8 Å². The van der Waals surface area contributed by atoms with Crippen LogP contribution < -0.4 is 0 Å². The summed E-state index contributed by atoms with van der Waals surface area (Å²) in [5, 5.41) is 0.769. The molecule has 0 aromatic rings. The number of hydrogen-bond donors (Lipinski definition) is 0. The van der Waals surface area contributed by atoms with E-state index in [1.165, 1.54) is 0 Å². The van der Waals surface area contributed by atoms with Crippen molar-refractivity contribution < 1.29 is 0 Å². The van der Waals surface area contributed by atoms with Crippen LogP contribution in [0.4, 0.5) is 0 Å². The van der Waals surface area contributed by atoms with Gasteiger partial charge in [-0.05, 0) is 13.0 Å². The molecular weight excluding hydrogens is 95.5 g/mol. The van der Waals surface area contributed by atoms with E-state index in [-0.39, 0.29) is 0 Å². The first-order valence-electron chi connectivity index (χ1n) is 1.72. The van der Waals surface area contributed by atoms with E-state index in [2.05, 4.69) is 6.58 Å². The van der Waals surface area contributed by atoms with Crippen LogP contribution in [-0.4, -0.2) is 0 Å². The van der Waals surface area contributed by atoms with Crippen LogP contribution in [0.25, 0.3) is 0 Å². The van der Waals surface area contributed by atoms with Crippen molar-refractivity contribution in [3.63, 3.8) is 0 Å². The van der Waals surface area contributed by atoms with Gasteiger partial charge in [0.05, 0.1) is 0 Å². The minimum absolute atomic E-state index is 0.769. The topological polar surface area (TPSA) is 0 Å². The van der Waals surface area contributed by atoms with Crippen molar-refractivity contribution in [3.05, 3.63) is 23.8 Å². The Morgan fingerprint density at radius 2 is 2.33 bits per heavy atom. The highest BCUT2D eigenvalue weighted by molar-refractivity contribution is 6.29. The molecule has 0 unspecified atom stereocenters. The SMILES string of the molecule is C=C/C=C(\C)Cl. The smallest absolute Gasteiger partial charge is 0.0149 e. The molecular formula is C5H7Cl. The predicted molar refractivity (Wildman–Crippen MR) is 29.8 cm³/mol. The van der Waals surface area contributed by atoms with Gasteiger partial charge >= 0.3 is 0 Å². The lowest BCUT2D eigenvalue weighted by Crippen LogP contribution is -1.48. The summed E-state index contributed by atoms with van der Waals surface area (Å²) >= 11 is 5.37. The van der Waals surface area contributed by atoms with E-state index < -0.39 is 0 Å². The van der Waals surface area contributed by atoms with Crippen LogP contribution in [-0.2, 0) is 0 Å². The largest absolute Gasteiger partial charge is 0.0990 e. The lowest BCUT2D eigenvalue weighted by molar-refractivity contribution is 1.67. The molecule has 0 radical (unpaired) electrons. The molecule has 0 heterocycles. The maximum absolute atomic E-state index is 5.37. The third kappa shape index (κ3) is 3.77. The van der Waals surface area contributed by atoms with Crippen LogP contribution in [0, 0.1) is 0 Å². The molecule has 0 nitrogen and oxygen atoms in total. The summed E-state index contributed by atoms with van der Waals surface area (Å²) in [4.78, 5) is 0. The molecule has 0 N–H and O–H groups in total. The summed E-state index contributed by atoms with van der Waals surface area (Å²) in [6.45, 7) is 5.25. The van der Waals surface area contributed by atoms with Gasteiger partial charge in [-0.15, -0.1) is 0 Å². The summed E-state index contributed by atoms with van der Waals surface area (Å²) in [6, 6.07) is 0. The van der Waals surface area contributed by atoms with Gasteiger partial charge in [-0.1, -0.05) is 24.3 Å². The monoisotopic (exact) mass is 102 g/mol. The molecule has 0 aromatic carbocycles. The Hall–Kier alpha value is -0.230. The van der Waals surface area contributed by atoms with Gasteiger partial charge in [-0.2, -0.15) is 0 Å². The Balaban J connectivity index is 3.41. The Labute approximate surface area is 43.1 Å². The van der Waals surface area contributed by atoms with Crippen LogP contribution in [0.2, 0.25) is 0 Å². The molecule has 0 rings (SSSR count). The zero-order chi connectivity index (χ0) is 4.99. The van der Waals surface area contributed by atoms with Gasteiger partial charge in [0.2, 0.25) is 0 Å². The second kappa shape index (κ2) is 2.98. The maximum Gasteiger partial charge on any atom is 0.0149 e. The molecule has 6 heavy (non-hydrogen) atoms. The Morgan fingerprint density at radius 3 is 2.33 bits per heavy atom. The van der Waals surface area contributed by atoms with Crippen molar-refractivity contribution in [1.82, 2.24) is 0 Å². The highest BCUT2D eigenvalue weighted by Gasteiger charge is 1.67. The van der Waals surface area contributed by atoms with Gasteiger partial charge in [0.25, 0.3) is 0 Å². The van der Waals surface area contributed by atoms with Crippen molar-refractivity contribution >= 4 is 11.6 Å². The average Bonchev–Trinajstić information content (AvgIpc) is 1.35. The van der Waals surface area contributed by atoms with Crippen LogP contribution in [0.1, 0.15) is 6.92 Å². The van der Waals surface area contributed by atoms with E-state index in [1.807, 2.05) is 6.92 Å². The Bertz CT molecular complexity index is 68.0. The van der Waals surface area contributed by atoms with E-state index >= 15 is 0 Å². The standard InChI is InChI=1S/C5H7Cl/c1-3-4-5(2)6/h3-4H,1H2,2H3/b5-4+. The second-order valence-electron chi connectivity index (χ2n) is 0.989. The molecule has 0 fully saturated rings. The van der Waals surface area contributed by atoms with E-state index in [4.69, 9.17) is 11.6 Å². The fraction of sp³-hybridized carbons (Fsp3) is 0.200. The first-order chi connectivity index (χ1) is 2.77. The van der Waals surface area contributed by atoms with Crippen molar-refractivity contribution in [3.8, 4) is 0 Å². The molecule has 0 spiro atoms. The molecule has 0 amide bonds. The van der Waals surface area contributed by atoms with Crippen molar-refractivity contribution in [1.29, 1.82) is 0 Å². The highest BCUT2D eigenvalue weighted by atomic mass is 35.5. The van der Waals surface area contributed by atoms with Gasteiger partial charge in [0, 0.05) is 5.03 Å². The third-order valence-electron chi connectivity index (χ3n) is 0.348. The number of rotatable bonds is 1. The van der Waals surface area contributed by atoms with E-state index in [0.29, 0.717) is 0 Å².